The molecule has 0 aliphatic carbocycles. The number of nitro groups is 1. The fraction of sp³-hybridized carbons (Fsp3) is 0.444. The van der Waals surface area contributed by atoms with Crippen LogP contribution in [0.3, 0.4) is 0 Å². The first-order chi connectivity index (χ1) is 7.70. The maximum Gasteiger partial charge on any atom is 0.334 e. The molecule has 1 aromatic heterocycles. The lowest BCUT2D eigenvalue weighted by Crippen LogP contribution is -2.37. The van der Waals surface area contributed by atoms with Crippen LogP contribution in [0.25, 0.3) is 0 Å². The molecule has 7 nitrogen and oxygen atoms in total. The van der Waals surface area contributed by atoms with Crippen LogP contribution in [-0.2, 0) is 4.74 Å². The van der Waals surface area contributed by atoms with Crippen molar-refractivity contribution >= 4 is 17.2 Å². The quantitative estimate of drug-likeness (QED) is 0.577. The highest BCUT2D eigenvalue weighted by molar-refractivity contribution is 5.71. The van der Waals surface area contributed by atoms with Crippen LogP contribution in [0, 0.1) is 10.1 Å². The largest absolute Gasteiger partial charge is 0.393 e. The zero-order valence-corrected chi connectivity index (χ0v) is 8.63. The van der Waals surface area contributed by atoms with E-state index in [1.807, 2.05) is 4.90 Å². The predicted molar refractivity (Wildman–Crippen MR) is 58.3 cm³/mol. The molecule has 2 N–H and O–H groups in total. The maximum atomic E-state index is 10.9. The Kier molecular flexibility index (Phi) is 2.86. The van der Waals surface area contributed by atoms with Gasteiger partial charge in [0, 0.05) is 19.3 Å². The van der Waals surface area contributed by atoms with Crippen molar-refractivity contribution in [2.24, 2.45) is 0 Å². The summed E-state index contributed by atoms with van der Waals surface area (Å²) < 4.78 is 5.18. The van der Waals surface area contributed by atoms with Gasteiger partial charge in [-0.2, -0.15) is 0 Å². The number of nitrogen functional groups attached to an aromatic ring is 1. The van der Waals surface area contributed by atoms with Crippen LogP contribution in [-0.4, -0.2) is 36.2 Å². The Hall–Kier alpha value is -1.89. The standard InChI is InChI=1S/C9H12N4O3/c10-7-1-2-11-9(8(7)13(14)15)12-3-5-16-6-4-12/h1-2H,3-6H2,(H2,10,11). The number of rotatable bonds is 2. The van der Waals surface area contributed by atoms with Gasteiger partial charge in [-0.15, -0.1) is 0 Å². The SMILES string of the molecule is Nc1ccnc(N2CCOCC2)c1[N+](=O)[O-]. The minimum Gasteiger partial charge on any atom is -0.393 e. The molecule has 0 unspecified atom stereocenters. The van der Waals surface area contributed by atoms with E-state index in [0.29, 0.717) is 32.1 Å². The molecule has 1 aliphatic rings. The summed E-state index contributed by atoms with van der Waals surface area (Å²) in [5.74, 6) is 0.327. The minimum absolute atomic E-state index is 0.121. The molecule has 0 saturated carbocycles. The normalized spacial score (nSPS) is 16.1. The summed E-state index contributed by atoms with van der Waals surface area (Å²) in [5, 5.41) is 10.9. The Morgan fingerprint density at radius 3 is 2.81 bits per heavy atom. The third-order valence-electron chi connectivity index (χ3n) is 2.43. The van der Waals surface area contributed by atoms with Gasteiger partial charge in [-0.1, -0.05) is 0 Å². The number of nitrogens with two attached hydrogens (primary N) is 1. The van der Waals surface area contributed by atoms with Gasteiger partial charge in [0.25, 0.3) is 0 Å². The van der Waals surface area contributed by atoms with E-state index in [2.05, 4.69) is 4.98 Å². The van der Waals surface area contributed by atoms with E-state index in [1.54, 1.807) is 0 Å². The third kappa shape index (κ3) is 1.89. The summed E-state index contributed by atoms with van der Waals surface area (Å²) in [6, 6.07) is 1.43. The van der Waals surface area contributed by atoms with Crippen LogP contribution >= 0.6 is 0 Å². The Labute approximate surface area is 92.0 Å². The zero-order chi connectivity index (χ0) is 11.5. The van der Waals surface area contributed by atoms with Crippen molar-refractivity contribution in [3.63, 3.8) is 0 Å². The molecule has 1 saturated heterocycles. The molecule has 0 radical (unpaired) electrons. The van der Waals surface area contributed by atoms with Gasteiger partial charge < -0.3 is 15.4 Å². The number of anilines is 2. The van der Waals surface area contributed by atoms with Crippen molar-refractivity contribution in [1.82, 2.24) is 4.98 Å². The molecule has 16 heavy (non-hydrogen) atoms. The predicted octanol–water partition coefficient (Wildman–Crippen LogP) is 0.409. The lowest BCUT2D eigenvalue weighted by atomic mass is 10.3. The molecule has 1 fully saturated rings. The van der Waals surface area contributed by atoms with Crippen molar-refractivity contribution in [3.8, 4) is 0 Å². The van der Waals surface area contributed by atoms with Gasteiger partial charge in [0.1, 0.15) is 5.69 Å². The monoisotopic (exact) mass is 224 g/mol. The number of ether oxygens (including phenoxy) is 1. The number of nitrogens with zero attached hydrogens (tertiary/aromatic N) is 3. The average molecular weight is 224 g/mol. The highest BCUT2D eigenvalue weighted by Gasteiger charge is 2.25. The first-order valence-corrected chi connectivity index (χ1v) is 4.91. The molecule has 7 heteroatoms. The van der Waals surface area contributed by atoms with Crippen molar-refractivity contribution in [3.05, 3.63) is 22.4 Å². The number of hydrogen-bond acceptors (Lipinski definition) is 6. The lowest BCUT2D eigenvalue weighted by molar-refractivity contribution is -0.383. The molecule has 1 aromatic rings. The summed E-state index contributed by atoms with van der Waals surface area (Å²) in [6.07, 6.45) is 1.48. The highest BCUT2D eigenvalue weighted by atomic mass is 16.6. The van der Waals surface area contributed by atoms with E-state index in [-0.39, 0.29) is 11.4 Å². The number of hydrogen-bond donors (Lipinski definition) is 1. The van der Waals surface area contributed by atoms with Gasteiger partial charge in [0.15, 0.2) is 0 Å². The average Bonchev–Trinajstić information content (AvgIpc) is 2.29. The zero-order valence-electron chi connectivity index (χ0n) is 8.63. The highest BCUT2D eigenvalue weighted by Crippen LogP contribution is 2.31. The van der Waals surface area contributed by atoms with Crippen molar-refractivity contribution in [1.29, 1.82) is 0 Å². The van der Waals surface area contributed by atoms with E-state index < -0.39 is 4.92 Å². The second-order valence-corrected chi connectivity index (χ2v) is 3.43. The van der Waals surface area contributed by atoms with Gasteiger partial charge in [0.05, 0.1) is 18.1 Å². The van der Waals surface area contributed by atoms with Crippen LogP contribution in [0.1, 0.15) is 0 Å². The van der Waals surface area contributed by atoms with E-state index in [0.717, 1.165) is 0 Å². The Morgan fingerprint density at radius 1 is 1.50 bits per heavy atom. The first-order valence-electron chi connectivity index (χ1n) is 4.91. The summed E-state index contributed by atoms with van der Waals surface area (Å²) in [4.78, 5) is 16.3. The number of pyridine rings is 1. The van der Waals surface area contributed by atoms with E-state index in [4.69, 9.17) is 10.5 Å². The summed E-state index contributed by atoms with van der Waals surface area (Å²) >= 11 is 0. The van der Waals surface area contributed by atoms with Crippen LogP contribution in [0.2, 0.25) is 0 Å². The van der Waals surface area contributed by atoms with Crippen molar-refractivity contribution in [2.45, 2.75) is 0 Å². The van der Waals surface area contributed by atoms with Gasteiger partial charge in [0.2, 0.25) is 5.82 Å². The lowest BCUT2D eigenvalue weighted by Gasteiger charge is -2.27. The van der Waals surface area contributed by atoms with Crippen LogP contribution in [0.5, 0.6) is 0 Å². The smallest absolute Gasteiger partial charge is 0.334 e. The Bertz CT molecular complexity index is 404. The molecule has 2 heterocycles. The van der Waals surface area contributed by atoms with Crippen LogP contribution in [0.4, 0.5) is 17.2 Å². The van der Waals surface area contributed by atoms with E-state index in [9.17, 15) is 10.1 Å². The number of aromatic nitrogens is 1. The van der Waals surface area contributed by atoms with E-state index >= 15 is 0 Å². The van der Waals surface area contributed by atoms with Crippen LogP contribution in [0.15, 0.2) is 12.3 Å². The summed E-state index contributed by atoms with van der Waals surface area (Å²) in [6.45, 7) is 2.29. The Balaban J connectivity index is 2.38. The third-order valence-corrected chi connectivity index (χ3v) is 2.43. The van der Waals surface area contributed by atoms with E-state index in [1.165, 1.54) is 12.3 Å². The van der Waals surface area contributed by atoms with Gasteiger partial charge >= 0.3 is 5.69 Å². The second-order valence-electron chi connectivity index (χ2n) is 3.43. The van der Waals surface area contributed by atoms with Crippen LogP contribution < -0.4 is 10.6 Å². The molecule has 2 rings (SSSR count). The summed E-state index contributed by atoms with van der Waals surface area (Å²) in [5.41, 5.74) is 5.61. The summed E-state index contributed by atoms with van der Waals surface area (Å²) in [7, 11) is 0. The van der Waals surface area contributed by atoms with Gasteiger partial charge in [-0.3, -0.25) is 10.1 Å². The van der Waals surface area contributed by atoms with Gasteiger partial charge in [-0.05, 0) is 6.07 Å². The molecule has 86 valence electrons. The molecule has 0 aromatic carbocycles. The molecule has 0 spiro atoms. The van der Waals surface area contributed by atoms with Crippen molar-refractivity contribution < 1.29 is 9.66 Å². The molecule has 0 amide bonds. The maximum absolute atomic E-state index is 10.9. The Morgan fingerprint density at radius 2 is 2.19 bits per heavy atom. The van der Waals surface area contributed by atoms with Crippen molar-refractivity contribution in [2.75, 3.05) is 36.9 Å². The molecular formula is C9H12N4O3. The topological polar surface area (TPSA) is 94.5 Å². The van der Waals surface area contributed by atoms with Gasteiger partial charge in [-0.25, -0.2) is 4.98 Å². The molecule has 0 atom stereocenters. The second kappa shape index (κ2) is 4.31. The molecular weight excluding hydrogens is 212 g/mol. The fourth-order valence-corrected chi connectivity index (χ4v) is 1.65. The molecule has 0 bridgehead atoms. The minimum atomic E-state index is -0.493. The molecule has 1 aliphatic heterocycles. The fourth-order valence-electron chi connectivity index (χ4n) is 1.65. The number of morpholine rings is 1. The first kappa shape index (κ1) is 10.6.